The van der Waals surface area contributed by atoms with Crippen LogP contribution in [0.5, 0.6) is 0 Å². The van der Waals surface area contributed by atoms with E-state index in [2.05, 4.69) is 20.8 Å². The number of aliphatic carboxylic acids is 1. The average molecular weight is 288 g/mol. The van der Waals surface area contributed by atoms with Crippen molar-refractivity contribution in [2.45, 2.75) is 78.7 Å². The van der Waals surface area contributed by atoms with Crippen LogP contribution in [0.4, 0.5) is 0 Å². The number of hydrogen-bond acceptors (Lipinski definition) is 3. The van der Waals surface area contributed by atoms with Crippen molar-refractivity contribution in [2.75, 3.05) is 6.61 Å². The first-order valence-corrected chi connectivity index (χ1v) is 8.07. The monoisotopic (exact) mass is 288 g/mol. The number of hydrogen-bond donors (Lipinski definition) is 1. The van der Waals surface area contributed by atoms with Crippen LogP contribution in [-0.2, 0) is 14.6 Å². The molecule has 0 amide bonds. The first-order chi connectivity index (χ1) is 9.56. The number of unbranched alkanes of at least 4 members (excludes halogenated alkanes) is 2. The van der Waals surface area contributed by atoms with E-state index in [0.717, 1.165) is 25.7 Å². The average Bonchev–Trinajstić information content (AvgIpc) is 2.42. The summed E-state index contributed by atoms with van der Waals surface area (Å²) in [4.78, 5) is 21.8. The quantitative estimate of drug-likeness (QED) is 0.402. The Bertz CT molecular complexity index is 243. The molecule has 3 atom stereocenters. The molecule has 0 rings (SSSR count). The third-order valence-electron chi connectivity index (χ3n) is 3.82. The molecule has 0 aliphatic heterocycles. The Balaban J connectivity index is 4.03. The second-order valence-electron chi connectivity index (χ2n) is 5.59. The molecule has 0 aliphatic rings. The fourth-order valence-electron chi connectivity index (χ4n) is 2.19. The Labute approximate surface area is 123 Å². The maximum atomic E-state index is 11.2. The van der Waals surface area contributed by atoms with Crippen LogP contribution in [-0.4, -0.2) is 23.8 Å². The minimum Gasteiger partial charge on any atom is -0.481 e. The Morgan fingerprint density at radius 1 is 1.10 bits per heavy atom. The van der Waals surface area contributed by atoms with Gasteiger partial charge in [-0.3, -0.25) is 4.79 Å². The van der Waals surface area contributed by atoms with Gasteiger partial charge in [0.05, 0.1) is 12.5 Å². The lowest BCUT2D eigenvalue weighted by atomic mass is 9.97. The smallest absolute Gasteiger partial charge is 0.309 e. The Hall–Kier alpha value is -0.610. The van der Waals surface area contributed by atoms with Crippen LogP contribution in [0.2, 0.25) is 0 Å². The van der Waals surface area contributed by atoms with Gasteiger partial charge in [0.25, 0.3) is 0 Å². The topological polar surface area (TPSA) is 55.8 Å². The molecule has 0 radical (unpaired) electrons. The van der Waals surface area contributed by atoms with Gasteiger partial charge in [-0.25, -0.2) is 9.78 Å². The van der Waals surface area contributed by atoms with Gasteiger partial charge in [0.1, 0.15) is 6.10 Å². The highest BCUT2D eigenvalue weighted by molar-refractivity contribution is 5.70. The Kier molecular flexibility index (Phi) is 11.8. The zero-order chi connectivity index (χ0) is 15.4. The van der Waals surface area contributed by atoms with Crippen LogP contribution >= 0.6 is 0 Å². The molecule has 120 valence electrons. The molecule has 0 aliphatic carbocycles. The molecule has 4 heteroatoms. The van der Waals surface area contributed by atoms with Crippen molar-refractivity contribution in [1.82, 2.24) is 0 Å². The molecular weight excluding hydrogens is 256 g/mol. The SMILES string of the molecule is CCCCC(CC)COOC(C)C(CCCC)C(=O)O. The lowest BCUT2D eigenvalue weighted by Gasteiger charge is -2.21. The summed E-state index contributed by atoms with van der Waals surface area (Å²) in [5.74, 6) is -0.778. The summed E-state index contributed by atoms with van der Waals surface area (Å²) >= 11 is 0. The Morgan fingerprint density at radius 2 is 1.70 bits per heavy atom. The molecule has 0 aromatic rings. The number of rotatable bonds is 13. The second-order valence-corrected chi connectivity index (χ2v) is 5.59. The summed E-state index contributed by atoms with van der Waals surface area (Å²) in [7, 11) is 0. The van der Waals surface area contributed by atoms with Crippen LogP contribution < -0.4 is 0 Å². The predicted molar refractivity (Wildman–Crippen MR) is 80.5 cm³/mol. The van der Waals surface area contributed by atoms with Gasteiger partial charge in [0, 0.05) is 0 Å². The van der Waals surface area contributed by atoms with Crippen LogP contribution in [0.15, 0.2) is 0 Å². The summed E-state index contributed by atoms with van der Waals surface area (Å²) in [6, 6.07) is 0. The molecule has 1 N–H and O–H groups in total. The molecule has 0 saturated heterocycles. The van der Waals surface area contributed by atoms with E-state index in [9.17, 15) is 9.90 Å². The third-order valence-corrected chi connectivity index (χ3v) is 3.82. The van der Waals surface area contributed by atoms with Crippen molar-refractivity contribution in [3.05, 3.63) is 0 Å². The molecular formula is C16H32O4. The highest BCUT2D eigenvalue weighted by atomic mass is 17.2. The molecule has 0 aromatic heterocycles. The fraction of sp³-hybridized carbons (Fsp3) is 0.938. The van der Waals surface area contributed by atoms with Crippen molar-refractivity contribution in [3.8, 4) is 0 Å². The van der Waals surface area contributed by atoms with Gasteiger partial charge in [-0.05, 0) is 25.7 Å². The molecule has 0 saturated carbocycles. The summed E-state index contributed by atoms with van der Waals surface area (Å²) in [5, 5.41) is 9.21. The van der Waals surface area contributed by atoms with Crippen molar-refractivity contribution >= 4 is 5.97 Å². The van der Waals surface area contributed by atoms with Crippen LogP contribution in [0, 0.1) is 11.8 Å². The molecule has 0 spiro atoms. The number of carboxylic acids is 1. The molecule has 3 unspecified atom stereocenters. The lowest BCUT2D eigenvalue weighted by molar-refractivity contribution is -0.334. The standard InChI is InChI=1S/C16H32O4/c1-5-8-10-14(7-3)12-19-20-13(4)15(16(17)18)11-9-6-2/h13-15H,5-12H2,1-4H3,(H,17,18). The van der Waals surface area contributed by atoms with E-state index in [-0.39, 0.29) is 0 Å². The minimum absolute atomic E-state index is 0.400. The number of carboxylic acid groups (broad SMARTS) is 1. The van der Waals surface area contributed by atoms with Crippen molar-refractivity contribution < 1.29 is 19.7 Å². The highest BCUT2D eigenvalue weighted by Gasteiger charge is 2.25. The molecule has 4 nitrogen and oxygen atoms in total. The summed E-state index contributed by atoms with van der Waals surface area (Å²) in [6.45, 7) is 8.72. The zero-order valence-electron chi connectivity index (χ0n) is 13.6. The summed E-state index contributed by atoms with van der Waals surface area (Å²) in [6.07, 6.45) is 6.73. The largest absolute Gasteiger partial charge is 0.481 e. The van der Waals surface area contributed by atoms with Gasteiger partial charge >= 0.3 is 5.97 Å². The third kappa shape index (κ3) is 8.54. The number of carbonyl (C=O) groups is 1. The fourth-order valence-corrected chi connectivity index (χ4v) is 2.19. The predicted octanol–water partition coefficient (Wildman–Crippen LogP) is 4.43. The second kappa shape index (κ2) is 12.2. The zero-order valence-corrected chi connectivity index (χ0v) is 13.6. The van der Waals surface area contributed by atoms with E-state index in [4.69, 9.17) is 9.78 Å². The summed E-state index contributed by atoms with van der Waals surface area (Å²) < 4.78 is 0. The van der Waals surface area contributed by atoms with Crippen molar-refractivity contribution in [1.29, 1.82) is 0 Å². The maximum absolute atomic E-state index is 11.2. The van der Waals surface area contributed by atoms with Gasteiger partial charge in [-0.1, -0.05) is 52.9 Å². The molecule has 0 heterocycles. The van der Waals surface area contributed by atoms with Crippen LogP contribution in [0.25, 0.3) is 0 Å². The van der Waals surface area contributed by atoms with Crippen LogP contribution in [0.1, 0.15) is 72.6 Å². The lowest BCUT2D eigenvalue weighted by Crippen LogP contribution is -2.29. The normalized spacial score (nSPS) is 15.8. The highest BCUT2D eigenvalue weighted by Crippen LogP contribution is 2.18. The summed E-state index contributed by atoms with van der Waals surface area (Å²) in [5.41, 5.74) is 0. The van der Waals surface area contributed by atoms with E-state index in [1.807, 2.05) is 0 Å². The minimum atomic E-state index is -0.799. The van der Waals surface area contributed by atoms with E-state index in [1.54, 1.807) is 6.92 Å². The van der Waals surface area contributed by atoms with Crippen molar-refractivity contribution in [2.24, 2.45) is 11.8 Å². The molecule has 0 aromatic carbocycles. The first kappa shape index (κ1) is 19.4. The Morgan fingerprint density at radius 3 is 2.20 bits per heavy atom. The van der Waals surface area contributed by atoms with Crippen LogP contribution in [0.3, 0.4) is 0 Å². The van der Waals surface area contributed by atoms with E-state index in [1.165, 1.54) is 12.8 Å². The molecule has 0 fully saturated rings. The van der Waals surface area contributed by atoms with Gasteiger partial charge in [0.2, 0.25) is 0 Å². The van der Waals surface area contributed by atoms with Gasteiger partial charge < -0.3 is 5.11 Å². The van der Waals surface area contributed by atoms with Gasteiger partial charge in [0.15, 0.2) is 0 Å². The van der Waals surface area contributed by atoms with E-state index < -0.39 is 18.0 Å². The van der Waals surface area contributed by atoms with Gasteiger partial charge in [-0.2, -0.15) is 0 Å². The van der Waals surface area contributed by atoms with E-state index >= 15 is 0 Å². The molecule has 0 bridgehead atoms. The first-order valence-electron chi connectivity index (χ1n) is 8.07. The molecule has 20 heavy (non-hydrogen) atoms. The van der Waals surface area contributed by atoms with Gasteiger partial charge in [-0.15, -0.1) is 0 Å². The maximum Gasteiger partial charge on any atom is 0.309 e. The van der Waals surface area contributed by atoms with Crippen molar-refractivity contribution in [3.63, 3.8) is 0 Å². The van der Waals surface area contributed by atoms with E-state index in [0.29, 0.717) is 18.9 Å².